The number of amides is 1. The molecule has 0 aliphatic carbocycles. The van der Waals surface area contributed by atoms with Crippen molar-refractivity contribution in [2.24, 2.45) is 0 Å². The number of nitro benzene ring substituents is 1. The molecule has 0 heterocycles. The first-order valence-electron chi connectivity index (χ1n) is 8.47. The second-order valence-electron chi connectivity index (χ2n) is 6.47. The molecule has 0 radical (unpaired) electrons. The summed E-state index contributed by atoms with van der Waals surface area (Å²) in [5.41, 5.74) is 3.54. The smallest absolute Gasteiger partial charge is 0.338 e. The quantitative estimate of drug-likeness (QED) is 0.476. The molecule has 7 nitrogen and oxygen atoms in total. The van der Waals surface area contributed by atoms with Gasteiger partial charge in [0.25, 0.3) is 11.6 Å². The molecular formula is C20H22N2O5. The molecular weight excluding hydrogens is 348 g/mol. The van der Waals surface area contributed by atoms with Crippen LogP contribution in [0.3, 0.4) is 0 Å². The number of nitro groups is 1. The number of hydrogen-bond acceptors (Lipinski definition) is 5. The minimum absolute atomic E-state index is 0.0299. The van der Waals surface area contributed by atoms with Gasteiger partial charge < -0.3 is 10.1 Å². The second-order valence-corrected chi connectivity index (χ2v) is 6.47. The number of carbonyl (C=O) groups is 2. The van der Waals surface area contributed by atoms with Crippen LogP contribution in [-0.4, -0.2) is 23.4 Å². The van der Waals surface area contributed by atoms with E-state index in [0.29, 0.717) is 5.56 Å². The van der Waals surface area contributed by atoms with E-state index in [-0.39, 0.29) is 17.3 Å². The molecule has 0 fully saturated rings. The molecule has 0 saturated heterocycles. The van der Waals surface area contributed by atoms with Crippen molar-refractivity contribution in [3.63, 3.8) is 0 Å². The van der Waals surface area contributed by atoms with Crippen molar-refractivity contribution in [3.05, 3.63) is 74.3 Å². The van der Waals surface area contributed by atoms with Gasteiger partial charge in [0.2, 0.25) is 0 Å². The van der Waals surface area contributed by atoms with E-state index in [2.05, 4.69) is 5.32 Å². The Bertz CT molecular complexity index is 892. The fourth-order valence-electron chi connectivity index (χ4n) is 2.55. The first-order chi connectivity index (χ1) is 12.7. The predicted molar refractivity (Wildman–Crippen MR) is 101 cm³/mol. The van der Waals surface area contributed by atoms with Gasteiger partial charge in [0.1, 0.15) is 0 Å². The summed E-state index contributed by atoms with van der Waals surface area (Å²) in [4.78, 5) is 34.5. The number of hydrogen-bond donors (Lipinski definition) is 1. The zero-order chi connectivity index (χ0) is 20.1. The minimum atomic E-state index is -0.785. The van der Waals surface area contributed by atoms with Crippen LogP contribution in [-0.2, 0) is 9.53 Å². The molecule has 2 rings (SSSR count). The summed E-state index contributed by atoms with van der Waals surface area (Å²) < 4.78 is 4.97. The molecule has 1 amide bonds. The Hall–Kier alpha value is -3.22. The van der Waals surface area contributed by atoms with Gasteiger partial charge in [-0.05, 0) is 50.5 Å². The topological polar surface area (TPSA) is 98.5 Å². The number of aryl methyl sites for hydroxylation is 3. The van der Waals surface area contributed by atoms with Crippen molar-refractivity contribution >= 4 is 17.6 Å². The van der Waals surface area contributed by atoms with Crippen molar-refractivity contribution in [1.82, 2.24) is 5.32 Å². The molecule has 0 aliphatic rings. The summed E-state index contributed by atoms with van der Waals surface area (Å²) in [6, 6.07) is 9.72. The molecule has 0 aromatic heterocycles. The van der Waals surface area contributed by atoms with E-state index in [0.717, 1.165) is 17.2 Å². The number of rotatable bonds is 6. The van der Waals surface area contributed by atoms with E-state index in [1.165, 1.54) is 17.7 Å². The monoisotopic (exact) mass is 370 g/mol. The molecule has 7 heteroatoms. The summed E-state index contributed by atoms with van der Waals surface area (Å²) in [6.45, 7) is 6.96. The lowest BCUT2D eigenvalue weighted by molar-refractivity contribution is -0.385. The van der Waals surface area contributed by atoms with Gasteiger partial charge in [-0.2, -0.15) is 0 Å². The van der Waals surface area contributed by atoms with Gasteiger partial charge in [0.15, 0.2) is 6.61 Å². The van der Waals surface area contributed by atoms with Gasteiger partial charge in [0, 0.05) is 11.6 Å². The lowest BCUT2D eigenvalue weighted by Crippen LogP contribution is -2.31. The molecule has 1 N–H and O–H groups in total. The van der Waals surface area contributed by atoms with Gasteiger partial charge in [0.05, 0.1) is 16.5 Å². The highest BCUT2D eigenvalue weighted by Crippen LogP contribution is 2.20. The lowest BCUT2D eigenvalue weighted by Gasteiger charge is -2.15. The SMILES string of the molecule is Cc1ccc(C(C)NC(=O)COC(=O)c2ccc(C)c([N+](=O)[O-])c2)cc1C. The summed E-state index contributed by atoms with van der Waals surface area (Å²) in [7, 11) is 0. The van der Waals surface area contributed by atoms with Crippen molar-refractivity contribution in [3.8, 4) is 0 Å². The number of esters is 1. The van der Waals surface area contributed by atoms with Crippen molar-refractivity contribution < 1.29 is 19.2 Å². The largest absolute Gasteiger partial charge is 0.452 e. The molecule has 27 heavy (non-hydrogen) atoms. The molecule has 142 valence electrons. The Morgan fingerprint density at radius 3 is 2.37 bits per heavy atom. The molecule has 2 aromatic carbocycles. The summed E-state index contributed by atoms with van der Waals surface area (Å²) >= 11 is 0. The van der Waals surface area contributed by atoms with Crippen LogP contribution in [0.4, 0.5) is 5.69 Å². The van der Waals surface area contributed by atoms with Crippen LogP contribution in [0, 0.1) is 30.9 Å². The molecule has 1 atom stereocenters. The van der Waals surface area contributed by atoms with Crippen LogP contribution in [0.5, 0.6) is 0 Å². The normalized spacial score (nSPS) is 11.6. The van der Waals surface area contributed by atoms with Crippen LogP contribution in [0.1, 0.15) is 45.6 Å². The third-order valence-corrected chi connectivity index (χ3v) is 4.38. The maximum Gasteiger partial charge on any atom is 0.338 e. The Kier molecular flexibility index (Phi) is 6.28. The van der Waals surface area contributed by atoms with E-state index >= 15 is 0 Å². The number of benzene rings is 2. The maximum atomic E-state index is 12.0. The van der Waals surface area contributed by atoms with E-state index in [4.69, 9.17) is 4.74 Å². The van der Waals surface area contributed by atoms with Crippen molar-refractivity contribution in [2.75, 3.05) is 6.61 Å². The molecule has 2 aromatic rings. The van der Waals surface area contributed by atoms with Gasteiger partial charge in [-0.25, -0.2) is 4.79 Å². The Morgan fingerprint density at radius 2 is 1.74 bits per heavy atom. The number of ether oxygens (including phenoxy) is 1. The van der Waals surface area contributed by atoms with Gasteiger partial charge in [-0.3, -0.25) is 14.9 Å². The van der Waals surface area contributed by atoms with Crippen LogP contribution >= 0.6 is 0 Å². The van der Waals surface area contributed by atoms with Crippen molar-refractivity contribution in [1.29, 1.82) is 0 Å². The number of carbonyl (C=O) groups excluding carboxylic acids is 2. The van der Waals surface area contributed by atoms with E-state index < -0.39 is 23.4 Å². The standard InChI is InChI=1S/C20H22N2O5/c1-12-5-7-16(9-14(12)3)15(4)21-19(23)11-27-20(24)17-8-6-13(2)18(10-17)22(25)26/h5-10,15H,11H2,1-4H3,(H,21,23). The van der Waals surface area contributed by atoms with Crippen molar-refractivity contribution in [2.45, 2.75) is 33.7 Å². The van der Waals surface area contributed by atoms with Crippen LogP contribution in [0.2, 0.25) is 0 Å². The zero-order valence-corrected chi connectivity index (χ0v) is 15.7. The summed E-state index contributed by atoms with van der Waals surface area (Å²) in [6.07, 6.45) is 0. The third-order valence-electron chi connectivity index (χ3n) is 4.38. The zero-order valence-electron chi connectivity index (χ0n) is 15.7. The minimum Gasteiger partial charge on any atom is -0.452 e. The molecule has 0 saturated carbocycles. The highest BCUT2D eigenvalue weighted by molar-refractivity contribution is 5.92. The average molecular weight is 370 g/mol. The first-order valence-corrected chi connectivity index (χ1v) is 8.47. The Balaban J connectivity index is 1.94. The van der Waals surface area contributed by atoms with Crippen LogP contribution in [0.15, 0.2) is 36.4 Å². The summed E-state index contributed by atoms with van der Waals surface area (Å²) in [5.74, 6) is -1.23. The van der Waals surface area contributed by atoms with E-state index in [9.17, 15) is 19.7 Å². The van der Waals surface area contributed by atoms with Gasteiger partial charge in [-0.1, -0.05) is 24.3 Å². The maximum absolute atomic E-state index is 12.0. The lowest BCUT2D eigenvalue weighted by atomic mass is 10.0. The Morgan fingerprint density at radius 1 is 1.07 bits per heavy atom. The van der Waals surface area contributed by atoms with E-state index in [1.807, 2.05) is 39.0 Å². The van der Waals surface area contributed by atoms with Gasteiger partial charge >= 0.3 is 5.97 Å². The fraction of sp³-hybridized carbons (Fsp3) is 0.300. The molecule has 0 bridgehead atoms. The molecule has 0 aliphatic heterocycles. The number of nitrogens with zero attached hydrogens (tertiary/aromatic N) is 1. The van der Waals surface area contributed by atoms with Crippen LogP contribution < -0.4 is 5.32 Å². The molecule has 1 unspecified atom stereocenters. The Labute approximate surface area is 157 Å². The van der Waals surface area contributed by atoms with Crippen LogP contribution in [0.25, 0.3) is 0 Å². The predicted octanol–water partition coefficient (Wildman–Crippen LogP) is 3.55. The number of nitrogens with one attached hydrogen (secondary N) is 1. The summed E-state index contributed by atoms with van der Waals surface area (Å²) in [5, 5.41) is 13.7. The van der Waals surface area contributed by atoms with E-state index in [1.54, 1.807) is 6.92 Å². The fourth-order valence-corrected chi connectivity index (χ4v) is 2.55. The average Bonchev–Trinajstić information content (AvgIpc) is 2.62. The molecule has 0 spiro atoms. The van der Waals surface area contributed by atoms with Gasteiger partial charge in [-0.15, -0.1) is 0 Å². The second kappa shape index (κ2) is 8.44. The third kappa shape index (κ3) is 5.13. The highest BCUT2D eigenvalue weighted by atomic mass is 16.6. The first kappa shape index (κ1) is 20.1. The highest BCUT2D eigenvalue weighted by Gasteiger charge is 2.17.